The van der Waals surface area contributed by atoms with Gasteiger partial charge >= 0.3 is 0 Å². The van der Waals surface area contributed by atoms with Crippen LogP contribution in [-0.2, 0) is 12.8 Å². The monoisotopic (exact) mass is 276 g/mol. The van der Waals surface area contributed by atoms with E-state index in [0.717, 1.165) is 47.2 Å². The Morgan fingerprint density at radius 1 is 1.11 bits per heavy atom. The fraction of sp³-hybridized carbons (Fsp3) is 0.500. The largest absolute Gasteiger partial charge is 0.330 e. The molecule has 0 saturated carbocycles. The van der Waals surface area contributed by atoms with E-state index in [4.69, 9.17) is 5.73 Å². The molecule has 4 nitrogen and oxygen atoms in total. The molecule has 0 saturated heterocycles. The van der Waals surface area contributed by atoms with E-state index in [1.165, 1.54) is 5.56 Å². The first-order chi connectivity index (χ1) is 9.10. The third-order valence-corrected chi connectivity index (χ3v) is 4.04. The van der Waals surface area contributed by atoms with Gasteiger partial charge in [-0.1, -0.05) is 0 Å². The van der Waals surface area contributed by atoms with Crippen LogP contribution in [0.3, 0.4) is 0 Å². The minimum absolute atomic E-state index is 0.707. The smallest absolute Gasteiger partial charge is 0.135 e. The summed E-state index contributed by atoms with van der Waals surface area (Å²) in [4.78, 5) is 13.7. The van der Waals surface area contributed by atoms with Crippen LogP contribution < -0.4 is 5.73 Å². The molecular weight excluding hydrogens is 256 g/mol. The fourth-order valence-electron chi connectivity index (χ4n) is 2.15. The third kappa shape index (κ3) is 3.58. The van der Waals surface area contributed by atoms with Gasteiger partial charge in [0.05, 0.1) is 6.42 Å². The molecule has 0 fully saturated rings. The second-order valence-corrected chi connectivity index (χ2v) is 5.68. The lowest BCUT2D eigenvalue weighted by molar-refractivity contribution is 0.790. The van der Waals surface area contributed by atoms with Crippen molar-refractivity contribution in [2.24, 2.45) is 5.73 Å². The van der Waals surface area contributed by atoms with Crippen LogP contribution in [0.25, 0.3) is 0 Å². The zero-order valence-corrected chi connectivity index (χ0v) is 12.5. The van der Waals surface area contributed by atoms with Gasteiger partial charge in [0.2, 0.25) is 0 Å². The van der Waals surface area contributed by atoms with Gasteiger partial charge in [-0.3, -0.25) is 0 Å². The van der Waals surface area contributed by atoms with Crippen LogP contribution in [-0.4, -0.2) is 21.5 Å². The van der Waals surface area contributed by atoms with Crippen LogP contribution in [0.4, 0.5) is 0 Å². The summed E-state index contributed by atoms with van der Waals surface area (Å²) in [6, 6.07) is 0. The number of nitrogens with zero attached hydrogens (tertiary/aromatic N) is 3. The number of aryl methyl sites for hydroxylation is 3. The quantitative estimate of drug-likeness (QED) is 0.910. The maximum Gasteiger partial charge on any atom is 0.135 e. The van der Waals surface area contributed by atoms with Gasteiger partial charge in [-0.25, -0.2) is 15.0 Å². The Morgan fingerprint density at radius 3 is 2.32 bits per heavy atom. The number of nitrogens with two attached hydrogens (primary N) is 1. The number of aromatic nitrogens is 3. The Bertz CT molecular complexity index is 539. The van der Waals surface area contributed by atoms with E-state index in [-0.39, 0.29) is 0 Å². The average Bonchev–Trinajstić information content (AvgIpc) is 2.74. The number of hydrogen-bond donors (Lipinski definition) is 1. The molecule has 0 radical (unpaired) electrons. The highest BCUT2D eigenvalue weighted by Gasteiger charge is 2.10. The zero-order valence-electron chi connectivity index (χ0n) is 11.7. The lowest BCUT2D eigenvalue weighted by atomic mass is 10.1. The molecule has 0 aliphatic carbocycles. The maximum atomic E-state index is 5.56. The van der Waals surface area contributed by atoms with Gasteiger partial charge < -0.3 is 5.73 Å². The maximum absolute atomic E-state index is 5.56. The van der Waals surface area contributed by atoms with Gasteiger partial charge in [0, 0.05) is 22.5 Å². The van der Waals surface area contributed by atoms with Gasteiger partial charge in [-0.05, 0) is 45.7 Å². The van der Waals surface area contributed by atoms with E-state index >= 15 is 0 Å². The van der Waals surface area contributed by atoms with Gasteiger partial charge in [-0.2, -0.15) is 0 Å². The van der Waals surface area contributed by atoms with Crippen LogP contribution in [0.15, 0.2) is 5.38 Å². The zero-order chi connectivity index (χ0) is 13.8. The van der Waals surface area contributed by atoms with Gasteiger partial charge in [0.25, 0.3) is 0 Å². The minimum Gasteiger partial charge on any atom is -0.330 e. The molecule has 2 rings (SSSR count). The Labute approximate surface area is 118 Å². The summed E-state index contributed by atoms with van der Waals surface area (Å²) in [5.41, 5.74) is 10.0. The highest BCUT2D eigenvalue weighted by atomic mass is 32.1. The van der Waals surface area contributed by atoms with E-state index in [2.05, 4.69) is 34.2 Å². The first-order valence-corrected chi connectivity index (χ1v) is 7.42. The van der Waals surface area contributed by atoms with Crippen molar-refractivity contribution in [2.75, 3.05) is 6.54 Å². The van der Waals surface area contributed by atoms with Crippen molar-refractivity contribution in [3.8, 4) is 0 Å². The molecule has 2 aromatic rings. The SMILES string of the molecule is Cc1csc(Cc2nc(C)c(CCCN)c(C)n2)n1. The van der Waals surface area contributed by atoms with Crippen LogP contribution in [0, 0.1) is 20.8 Å². The van der Waals surface area contributed by atoms with E-state index in [9.17, 15) is 0 Å². The summed E-state index contributed by atoms with van der Waals surface area (Å²) in [5, 5.41) is 3.14. The van der Waals surface area contributed by atoms with Crippen LogP contribution in [0.5, 0.6) is 0 Å². The van der Waals surface area contributed by atoms with Crippen molar-refractivity contribution in [3.63, 3.8) is 0 Å². The number of hydrogen-bond acceptors (Lipinski definition) is 5. The molecule has 5 heteroatoms. The molecule has 0 atom stereocenters. The molecule has 2 aromatic heterocycles. The van der Waals surface area contributed by atoms with Crippen molar-refractivity contribution in [1.82, 2.24) is 15.0 Å². The van der Waals surface area contributed by atoms with Crippen molar-refractivity contribution in [2.45, 2.75) is 40.0 Å². The van der Waals surface area contributed by atoms with Gasteiger partial charge in [0.15, 0.2) is 0 Å². The third-order valence-electron chi connectivity index (χ3n) is 3.07. The van der Waals surface area contributed by atoms with Crippen LogP contribution in [0.2, 0.25) is 0 Å². The highest BCUT2D eigenvalue weighted by molar-refractivity contribution is 7.09. The molecule has 102 valence electrons. The summed E-state index contributed by atoms with van der Waals surface area (Å²) < 4.78 is 0. The van der Waals surface area contributed by atoms with Crippen LogP contribution in [0.1, 0.15) is 39.9 Å². The molecule has 0 aromatic carbocycles. The molecule has 0 aliphatic rings. The van der Waals surface area contributed by atoms with E-state index in [1.807, 2.05) is 6.92 Å². The summed E-state index contributed by atoms with van der Waals surface area (Å²) >= 11 is 1.67. The van der Waals surface area contributed by atoms with Crippen molar-refractivity contribution >= 4 is 11.3 Å². The lowest BCUT2D eigenvalue weighted by Gasteiger charge is -2.09. The standard InChI is InChI=1S/C14H20N4S/c1-9-8-19-14(16-9)7-13-17-10(2)12(5-4-6-15)11(3)18-13/h8H,4-7,15H2,1-3H3. The Morgan fingerprint density at radius 2 is 1.79 bits per heavy atom. The molecule has 19 heavy (non-hydrogen) atoms. The van der Waals surface area contributed by atoms with E-state index in [0.29, 0.717) is 6.54 Å². The topological polar surface area (TPSA) is 64.7 Å². The molecule has 2 heterocycles. The summed E-state index contributed by atoms with van der Waals surface area (Å²) in [5.74, 6) is 0.862. The Hall–Kier alpha value is -1.33. The summed E-state index contributed by atoms with van der Waals surface area (Å²) in [6.45, 7) is 6.82. The normalized spacial score (nSPS) is 10.9. The van der Waals surface area contributed by atoms with E-state index in [1.54, 1.807) is 11.3 Å². The molecule has 0 spiro atoms. The first-order valence-electron chi connectivity index (χ1n) is 6.54. The predicted molar refractivity (Wildman–Crippen MR) is 78.5 cm³/mol. The van der Waals surface area contributed by atoms with Crippen LogP contribution >= 0.6 is 11.3 Å². The lowest BCUT2D eigenvalue weighted by Crippen LogP contribution is -2.08. The van der Waals surface area contributed by atoms with Crippen molar-refractivity contribution in [1.29, 1.82) is 0 Å². The number of thiazole rings is 1. The predicted octanol–water partition coefficient (Wildman–Crippen LogP) is 2.34. The Kier molecular flexibility index (Phi) is 4.61. The molecule has 0 amide bonds. The number of rotatable bonds is 5. The molecular formula is C14H20N4S. The summed E-state index contributed by atoms with van der Waals surface area (Å²) in [6.07, 6.45) is 2.66. The summed E-state index contributed by atoms with van der Waals surface area (Å²) in [7, 11) is 0. The molecule has 0 bridgehead atoms. The van der Waals surface area contributed by atoms with Crippen molar-refractivity contribution < 1.29 is 0 Å². The van der Waals surface area contributed by atoms with E-state index < -0.39 is 0 Å². The van der Waals surface area contributed by atoms with Gasteiger partial charge in [0.1, 0.15) is 10.8 Å². The highest BCUT2D eigenvalue weighted by Crippen LogP contribution is 2.16. The molecule has 0 aliphatic heterocycles. The second kappa shape index (κ2) is 6.21. The first kappa shape index (κ1) is 14.1. The van der Waals surface area contributed by atoms with Gasteiger partial charge in [-0.15, -0.1) is 11.3 Å². The molecule has 0 unspecified atom stereocenters. The fourth-order valence-corrected chi connectivity index (χ4v) is 2.92. The second-order valence-electron chi connectivity index (χ2n) is 4.74. The van der Waals surface area contributed by atoms with Crippen molar-refractivity contribution in [3.05, 3.63) is 38.9 Å². The minimum atomic E-state index is 0.707. The molecule has 2 N–H and O–H groups in total. The Balaban J connectivity index is 2.19. The average molecular weight is 276 g/mol.